The third kappa shape index (κ3) is 4.31. The molecular formula is C18H14BrFN2O3S. The molecule has 0 aliphatic carbocycles. The van der Waals surface area contributed by atoms with Gasteiger partial charge in [-0.05, 0) is 42.5 Å². The standard InChI is InChI=1S/C18H14BrFN2O3S/c19-11-4-6-14(7-5-11)22-17(24)9-15(18(22)25)26-10-16(23)21-13-3-1-2-12(20)8-13/h1-8,15H,9-10H2,(H,21,23)/t15-/m1/s1. The summed E-state index contributed by atoms with van der Waals surface area (Å²) in [6.45, 7) is 0. The van der Waals surface area contributed by atoms with Crippen LogP contribution in [0.3, 0.4) is 0 Å². The van der Waals surface area contributed by atoms with Crippen LogP contribution in [0.15, 0.2) is 53.0 Å². The van der Waals surface area contributed by atoms with Crippen LogP contribution in [-0.2, 0) is 14.4 Å². The number of nitrogens with one attached hydrogen (secondary N) is 1. The number of hydrogen-bond donors (Lipinski definition) is 1. The first-order chi connectivity index (χ1) is 12.4. The average molecular weight is 437 g/mol. The Labute approximate surface area is 162 Å². The Bertz CT molecular complexity index is 860. The van der Waals surface area contributed by atoms with Crippen molar-refractivity contribution < 1.29 is 18.8 Å². The zero-order chi connectivity index (χ0) is 18.7. The number of benzene rings is 2. The summed E-state index contributed by atoms with van der Waals surface area (Å²) in [6.07, 6.45) is 0.0484. The monoisotopic (exact) mass is 436 g/mol. The Morgan fingerprint density at radius 1 is 1.23 bits per heavy atom. The van der Waals surface area contributed by atoms with Gasteiger partial charge in [0, 0.05) is 16.6 Å². The molecule has 3 amide bonds. The highest BCUT2D eigenvalue weighted by atomic mass is 79.9. The molecule has 1 aliphatic heterocycles. The molecule has 1 heterocycles. The van der Waals surface area contributed by atoms with Crippen molar-refractivity contribution in [2.24, 2.45) is 0 Å². The number of nitrogens with zero attached hydrogens (tertiary/aromatic N) is 1. The van der Waals surface area contributed by atoms with Gasteiger partial charge in [-0.25, -0.2) is 9.29 Å². The van der Waals surface area contributed by atoms with Gasteiger partial charge in [0.15, 0.2) is 0 Å². The molecule has 8 heteroatoms. The number of amides is 3. The minimum Gasteiger partial charge on any atom is -0.325 e. The normalized spacial score (nSPS) is 16.8. The maximum absolute atomic E-state index is 13.1. The lowest BCUT2D eigenvalue weighted by molar-refractivity contribution is -0.121. The fourth-order valence-electron chi connectivity index (χ4n) is 2.54. The maximum Gasteiger partial charge on any atom is 0.247 e. The molecule has 26 heavy (non-hydrogen) atoms. The topological polar surface area (TPSA) is 66.5 Å². The second-order valence-corrected chi connectivity index (χ2v) is 7.71. The van der Waals surface area contributed by atoms with Crippen LogP contribution in [0.1, 0.15) is 6.42 Å². The number of halogens is 2. The van der Waals surface area contributed by atoms with Crippen LogP contribution < -0.4 is 10.2 Å². The number of imide groups is 1. The van der Waals surface area contributed by atoms with Crippen molar-refractivity contribution in [1.82, 2.24) is 0 Å². The van der Waals surface area contributed by atoms with Gasteiger partial charge >= 0.3 is 0 Å². The molecule has 1 fully saturated rings. The molecule has 2 aromatic carbocycles. The minimum absolute atomic E-state index is 0.00558. The Balaban J connectivity index is 1.59. The maximum atomic E-state index is 13.1. The van der Waals surface area contributed by atoms with Crippen molar-refractivity contribution in [3.8, 4) is 0 Å². The highest BCUT2D eigenvalue weighted by molar-refractivity contribution is 9.10. The van der Waals surface area contributed by atoms with Crippen LogP contribution in [0, 0.1) is 5.82 Å². The van der Waals surface area contributed by atoms with Crippen LogP contribution in [0.25, 0.3) is 0 Å². The predicted octanol–water partition coefficient (Wildman–Crippen LogP) is 3.59. The Kier molecular flexibility index (Phi) is 5.73. The van der Waals surface area contributed by atoms with E-state index in [-0.39, 0.29) is 29.9 Å². The van der Waals surface area contributed by atoms with Gasteiger partial charge in [-0.3, -0.25) is 14.4 Å². The number of thioether (sulfide) groups is 1. The molecule has 5 nitrogen and oxygen atoms in total. The highest BCUT2D eigenvalue weighted by Crippen LogP contribution is 2.30. The predicted molar refractivity (Wildman–Crippen MR) is 103 cm³/mol. The van der Waals surface area contributed by atoms with Crippen LogP contribution in [-0.4, -0.2) is 28.7 Å². The molecule has 0 saturated carbocycles. The van der Waals surface area contributed by atoms with E-state index in [1.807, 2.05) is 0 Å². The smallest absolute Gasteiger partial charge is 0.247 e. The first-order valence-corrected chi connectivity index (χ1v) is 9.57. The third-order valence-corrected chi connectivity index (χ3v) is 5.44. The molecule has 2 aromatic rings. The molecule has 134 valence electrons. The molecule has 0 radical (unpaired) electrons. The van der Waals surface area contributed by atoms with E-state index in [4.69, 9.17) is 0 Å². The summed E-state index contributed by atoms with van der Waals surface area (Å²) in [5.74, 6) is -1.43. The average Bonchev–Trinajstić information content (AvgIpc) is 2.88. The Morgan fingerprint density at radius 2 is 1.96 bits per heavy atom. The van der Waals surface area contributed by atoms with E-state index in [1.54, 1.807) is 30.3 Å². The lowest BCUT2D eigenvalue weighted by Crippen LogP contribution is -2.31. The van der Waals surface area contributed by atoms with Crippen molar-refractivity contribution in [2.45, 2.75) is 11.7 Å². The second kappa shape index (κ2) is 8.01. The number of anilines is 2. The lowest BCUT2D eigenvalue weighted by atomic mass is 10.3. The van der Waals surface area contributed by atoms with Crippen LogP contribution in [0.4, 0.5) is 15.8 Å². The van der Waals surface area contributed by atoms with E-state index in [9.17, 15) is 18.8 Å². The fourth-order valence-corrected chi connectivity index (χ4v) is 3.73. The molecule has 1 aliphatic rings. The molecule has 0 bridgehead atoms. The number of hydrogen-bond acceptors (Lipinski definition) is 4. The van der Waals surface area contributed by atoms with Gasteiger partial charge in [0.1, 0.15) is 5.82 Å². The molecular weight excluding hydrogens is 423 g/mol. The summed E-state index contributed by atoms with van der Waals surface area (Å²) < 4.78 is 14.0. The van der Waals surface area contributed by atoms with Gasteiger partial charge in [-0.1, -0.05) is 22.0 Å². The zero-order valence-electron chi connectivity index (χ0n) is 13.4. The molecule has 1 atom stereocenters. The molecule has 3 rings (SSSR count). The SMILES string of the molecule is O=C(CS[C@@H]1CC(=O)N(c2ccc(Br)cc2)C1=O)Nc1cccc(F)c1. The van der Waals surface area contributed by atoms with Gasteiger partial charge in [0.25, 0.3) is 0 Å². The Hall–Kier alpha value is -2.19. The van der Waals surface area contributed by atoms with E-state index in [0.717, 1.165) is 21.1 Å². The van der Waals surface area contributed by atoms with E-state index in [0.29, 0.717) is 11.4 Å². The summed E-state index contributed by atoms with van der Waals surface area (Å²) in [5.41, 5.74) is 0.858. The van der Waals surface area contributed by atoms with Gasteiger partial charge in [-0.15, -0.1) is 11.8 Å². The minimum atomic E-state index is -0.607. The highest BCUT2D eigenvalue weighted by Gasteiger charge is 2.40. The summed E-state index contributed by atoms with van der Waals surface area (Å²) >= 11 is 4.41. The summed E-state index contributed by atoms with van der Waals surface area (Å²) in [6, 6.07) is 12.4. The van der Waals surface area contributed by atoms with Crippen LogP contribution in [0.5, 0.6) is 0 Å². The zero-order valence-corrected chi connectivity index (χ0v) is 15.8. The van der Waals surface area contributed by atoms with Crippen molar-refractivity contribution in [1.29, 1.82) is 0 Å². The molecule has 0 aromatic heterocycles. The van der Waals surface area contributed by atoms with Gasteiger partial charge < -0.3 is 5.32 Å². The van der Waals surface area contributed by atoms with Crippen molar-refractivity contribution in [3.63, 3.8) is 0 Å². The van der Waals surface area contributed by atoms with E-state index in [2.05, 4.69) is 21.2 Å². The number of carbonyl (C=O) groups is 3. The first-order valence-electron chi connectivity index (χ1n) is 7.73. The van der Waals surface area contributed by atoms with Crippen molar-refractivity contribution in [2.75, 3.05) is 16.0 Å². The van der Waals surface area contributed by atoms with Crippen molar-refractivity contribution >= 4 is 56.8 Å². The molecule has 0 spiro atoms. The number of rotatable bonds is 5. The fraction of sp³-hybridized carbons (Fsp3) is 0.167. The second-order valence-electron chi connectivity index (χ2n) is 5.61. The van der Waals surface area contributed by atoms with Crippen molar-refractivity contribution in [3.05, 3.63) is 58.8 Å². The van der Waals surface area contributed by atoms with E-state index in [1.165, 1.54) is 18.2 Å². The molecule has 1 saturated heterocycles. The summed E-state index contributed by atoms with van der Waals surface area (Å²) in [5, 5.41) is 1.96. The van der Waals surface area contributed by atoms with Gasteiger partial charge in [0.05, 0.1) is 16.7 Å². The quantitative estimate of drug-likeness (QED) is 0.727. The number of carbonyl (C=O) groups excluding carboxylic acids is 3. The molecule has 1 N–H and O–H groups in total. The first kappa shape index (κ1) is 18.6. The largest absolute Gasteiger partial charge is 0.325 e. The van der Waals surface area contributed by atoms with E-state index < -0.39 is 11.1 Å². The summed E-state index contributed by atoms with van der Waals surface area (Å²) in [7, 11) is 0. The van der Waals surface area contributed by atoms with Crippen LogP contribution in [0.2, 0.25) is 0 Å². The van der Waals surface area contributed by atoms with Crippen LogP contribution >= 0.6 is 27.7 Å². The lowest BCUT2D eigenvalue weighted by Gasteiger charge is -2.15. The Morgan fingerprint density at radius 3 is 2.65 bits per heavy atom. The van der Waals surface area contributed by atoms with E-state index >= 15 is 0 Å². The molecule has 0 unspecified atom stereocenters. The van der Waals surface area contributed by atoms with Gasteiger partial charge in [-0.2, -0.15) is 0 Å². The van der Waals surface area contributed by atoms with Gasteiger partial charge in [0.2, 0.25) is 17.7 Å². The summed E-state index contributed by atoms with van der Waals surface area (Å²) in [4.78, 5) is 37.8. The third-order valence-electron chi connectivity index (χ3n) is 3.71.